The number of aliphatic hydroxyl groups is 2. The van der Waals surface area contributed by atoms with Gasteiger partial charge in [0.2, 0.25) is 5.91 Å². The fourth-order valence-electron chi connectivity index (χ4n) is 3.80. The van der Waals surface area contributed by atoms with Crippen LogP contribution in [0.5, 0.6) is 0 Å². The minimum Gasteiger partial charge on any atom is -0.395 e. The van der Waals surface area contributed by atoms with Crippen LogP contribution in [0.25, 0.3) is 11.1 Å². The molecule has 0 aliphatic carbocycles. The standard InChI is InChI=1S/C25H19Cl2F6NO5S/c1-40(38,39)17-8-4-13(5-9-17)18(12-35)22(36)34-16-10-19(26)21(20(27)11-16)14-2-6-15(7-3-14)23(37,24(28,29)30)25(31,32)33/h2-11,18,35,37H,12H2,1H3,(H,34,36). The van der Waals surface area contributed by atoms with Crippen LogP contribution in [-0.2, 0) is 20.2 Å². The van der Waals surface area contributed by atoms with E-state index in [4.69, 9.17) is 23.2 Å². The molecule has 0 saturated carbocycles. The summed E-state index contributed by atoms with van der Waals surface area (Å²) in [6, 6.07) is 10.3. The van der Waals surface area contributed by atoms with Gasteiger partial charge in [-0.15, -0.1) is 0 Å². The van der Waals surface area contributed by atoms with Crippen molar-refractivity contribution in [3.05, 3.63) is 81.8 Å². The molecule has 3 N–H and O–H groups in total. The molecule has 1 unspecified atom stereocenters. The van der Waals surface area contributed by atoms with E-state index in [1.54, 1.807) is 0 Å². The smallest absolute Gasteiger partial charge is 0.395 e. The minimum absolute atomic E-state index is 0.0111. The lowest BCUT2D eigenvalue weighted by Gasteiger charge is -2.32. The van der Waals surface area contributed by atoms with E-state index in [1.807, 2.05) is 0 Å². The molecule has 40 heavy (non-hydrogen) atoms. The van der Waals surface area contributed by atoms with Gasteiger partial charge in [0, 0.05) is 23.1 Å². The second-order valence-corrected chi connectivity index (χ2v) is 11.5. The third kappa shape index (κ3) is 6.23. The summed E-state index contributed by atoms with van der Waals surface area (Å²) in [5.74, 6) is -1.82. The first-order valence-electron chi connectivity index (χ1n) is 11.0. The molecule has 0 bridgehead atoms. The number of hydrogen-bond acceptors (Lipinski definition) is 5. The zero-order valence-electron chi connectivity index (χ0n) is 20.1. The predicted octanol–water partition coefficient (Wildman–Crippen LogP) is 6.09. The highest BCUT2D eigenvalue weighted by Gasteiger charge is 2.71. The zero-order valence-corrected chi connectivity index (χ0v) is 22.4. The highest BCUT2D eigenvalue weighted by atomic mass is 35.5. The van der Waals surface area contributed by atoms with E-state index in [0.717, 1.165) is 18.4 Å². The molecule has 0 aliphatic rings. The normalized spacial score (nSPS) is 13.7. The van der Waals surface area contributed by atoms with E-state index in [0.29, 0.717) is 17.7 Å². The Hall–Kier alpha value is -2.84. The lowest BCUT2D eigenvalue weighted by molar-refractivity contribution is -0.376. The summed E-state index contributed by atoms with van der Waals surface area (Å²) in [6.07, 6.45) is -11.1. The summed E-state index contributed by atoms with van der Waals surface area (Å²) in [5.41, 5.74) is -6.18. The molecule has 15 heteroatoms. The third-order valence-corrected chi connectivity index (χ3v) is 7.66. The first kappa shape index (κ1) is 31.7. The van der Waals surface area contributed by atoms with Gasteiger partial charge in [-0.25, -0.2) is 8.42 Å². The van der Waals surface area contributed by atoms with Gasteiger partial charge < -0.3 is 15.5 Å². The molecule has 0 aliphatic heterocycles. The summed E-state index contributed by atoms with van der Waals surface area (Å²) in [4.78, 5) is 12.8. The summed E-state index contributed by atoms with van der Waals surface area (Å²) >= 11 is 12.5. The van der Waals surface area contributed by atoms with Crippen molar-refractivity contribution >= 4 is 44.6 Å². The highest BCUT2D eigenvalue weighted by Crippen LogP contribution is 2.50. The number of hydrogen-bond donors (Lipinski definition) is 3. The maximum absolute atomic E-state index is 13.2. The van der Waals surface area contributed by atoms with Crippen molar-refractivity contribution in [3.8, 4) is 11.1 Å². The Morgan fingerprint density at radius 2 is 1.38 bits per heavy atom. The van der Waals surface area contributed by atoms with E-state index < -0.39 is 51.8 Å². The molecule has 6 nitrogen and oxygen atoms in total. The van der Waals surface area contributed by atoms with E-state index in [-0.39, 0.29) is 31.8 Å². The zero-order chi connectivity index (χ0) is 30.3. The molecule has 0 fully saturated rings. The number of alkyl halides is 6. The molecule has 0 saturated heterocycles. The monoisotopic (exact) mass is 629 g/mol. The Morgan fingerprint density at radius 1 is 0.900 bits per heavy atom. The maximum Gasteiger partial charge on any atom is 0.430 e. The van der Waals surface area contributed by atoms with E-state index in [1.165, 1.54) is 36.4 Å². The van der Waals surface area contributed by atoms with E-state index in [9.17, 15) is 49.8 Å². The molecule has 1 atom stereocenters. The van der Waals surface area contributed by atoms with Gasteiger partial charge in [0.15, 0.2) is 9.84 Å². The molecule has 1 amide bonds. The molecule has 0 heterocycles. The first-order valence-corrected chi connectivity index (χ1v) is 13.6. The lowest BCUT2D eigenvalue weighted by Crippen LogP contribution is -2.53. The number of benzene rings is 3. The quantitative estimate of drug-likeness (QED) is 0.274. The second kappa shape index (κ2) is 11.2. The van der Waals surface area contributed by atoms with Crippen molar-refractivity contribution in [2.75, 3.05) is 18.2 Å². The average Bonchev–Trinajstić information content (AvgIpc) is 2.82. The van der Waals surface area contributed by atoms with Gasteiger partial charge >= 0.3 is 12.4 Å². The van der Waals surface area contributed by atoms with Crippen LogP contribution < -0.4 is 5.32 Å². The molecule has 0 radical (unpaired) electrons. The third-order valence-electron chi connectivity index (χ3n) is 5.93. The van der Waals surface area contributed by atoms with E-state index in [2.05, 4.69) is 5.32 Å². The van der Waals surface area contributed by atoms with Crippen LogP contribution in [0.4, 0.5) is 32.0 Å². The van der Waals surface area contributed by atoms with Crippen LogP contribution in [0, 0.1) is 0 Å². The Balaban J connectivity index is 1.88. The number of carbonyl (C=O) groups is 1. The number of halogens is 8. The fourth-order valence-corrected chi connectivity index (χ4v) is 5.14. The summed E-state index contributed by atoms with van der Waals surface area (Å²) < 4.78 is 102. The van der Waals surface area contributed by atoms with Crippen molar-refractivity contribution in [1.29, 1.82) is 0 Å². The van der Waals surface area contributed by atoms with Crippen LogP contribution in [0.1, 0.15) is 17.0 Å². The summed E-state index contributed by atoms with van der Waals surface area (Å²) in [5, 5.41) is 21.5. The molecular weight excluding hydrogens is 611 g/mol. The van der Waals surface area contributed by atoms with Crippen molar-refractivity contribution in [2.45, 2.75) is 28.8 Å². The number of rotatable bonds is 7. The average molecular weight is 630 g/mol. The van der Waals surface area contributed by atoms with Crippen molar-refractivity contribution in [1.82, 2.24) is 0 Å². The number of sulfone groups is 1. The van der Waals surface area contributed by atoms with Crippen LogP contribution >= 0.6 is 23.2 Å². The molecule has 3 aromatic rings. The summed E-state index contributed by atoms with van der Waals surface area (Å²) in [6.45, 7) is -0.641. The highest BCUT2D eigenvalue weighted by molar-refractivity contribution is 7.90. The van der Waals surface area contributed by atoms with Crippen LogP contribution in [0.2, 0.25) is 10.0 Å². The largest absolute Gasteiger partial charge is 0.430 e. The SMILES string of the molecule is CS(=O)(=O)c1ccc(C(CO)C(=O)Nc2cc(Cl)c(-c3ccc(C(O)(C(F)(F)F)C(F)(F)F)cc3)c(Cl)c2)cc1. The maximum atomic E-state index is 13.2. The fraction of sp³-hybridized carbons (Fsp3) is 0.240. The Labute approximate surface area is 234 Å². The van der Waals surface area contributed by atoms with Gasteiger partial charge in [-0.05, 0) is 35.4 Å². The van der Waals surface area contributed by atoms with Gasteiger partial charge in [0.1, 0.15) is 0 Å². The van der Waals surface area contributed by atoms with E-state index >= 15 is 0 Å². The minimum atomic E-state index is -6.05. The predicted molar refractivity (Wildman–Crippen MR) is 136 cm³/mol. The molecule has 0 aromatic heterocycles. The molecule has 216 valence electrons. The Bertz CT molecular complexity index is 1470. The number of nitrogens with one attached hydrogen (secondary N) is 1. The molecule has 3 rings (SSSR count). The number of carbonyl (C=O) groups excluding carboxylic acids is 1. The Kier molecular flexibility index (Phi) is 8.88. The van der Waals surface area contributed by atoms with Gasteiger partial charge in [0.05, 0.1) is 27.5 Å². The second-order valence-electron chi connectivity index (χ2n) is 8.66. The van der Waals surface area contributed by atoms with Gasteiger partial charge in [-0.2, -0.15) is 26.3 Å². The van der Waals surface area contributed by atoms with Crippen LogP contribution in [0.15, 0.2) is 65.6 Å². The van der Waals surface area contributed by atoms with Gasteiger partial charge in [-0.1, -0.05) is 59.6 Å². The van der Waals surface area contributed by atoms with Gasteiger partial charge in [0.25, 0.3) is 5.60 Å². The van der Waals surface area contributed by atoms with Crippen LogP contribution in [0.3, 0.4) is 0 Å². The molecule has 0 spiro atoms. The van der Waals surface area contributed by atoms with Crippen molar-refractivity contribution in [3.63, 3.8) is 0 Å². The first-order chi connectivity index (χ1) is 18.3. The number of amides is 1. The van der Waals surface area contributed by atoms with Crippen LogP contribution in [-0.4, -0.2) is 49.8 Å². The van der Waals surface area contributed by atoms with Crippen molar-refractivity contribution < 1.29 is 49.8 Å². The summed E-state index contributed by atoms with van der Waals surface area (Å²) in [7, 11) is -3.49. The lowest BCUT2D eigenvalue weighted by atomic mass is 9.90. The number of anilines is 1. The molecule has 3 aromatic carbocycles. The van der Waals surface area contributed by atoms with Gasteiger partial charge in [-0.3, -0.25) is 4.79 Å². The Morgan fingerprint density at radius 3 is 1.77 bits per heavy atom. The topological polar surface area (TPSA) is 104 Å². The molecular formula is C25H19Cl2F6NO5S. The number of aliphatic hydroxyl groups excluding tert-OH is 1. The van der Waals surface area contributed by atoms with Crippen molar-refractivity contribution in [2.24, 2.45) is 0 Å².